The zero-order chi connectivity index (χ0) is 13.8. The molecule has 2 atom stereocenters. The van der Waals surface area contributed by atoms with E-state index in [0.717, 1.165) is 25.0 Å². The summed E-state index contributed by atoms with van der Waals surface area (Å²) in [5.41, 5.74) is 0. The Hall–Kier alpha value is -0.650. The number of nitrogens with one attached hydrogen (secondary N) is 1. The highest BCUT2D eigenvalue weighted by Crippen LogP contribution is 2.26. The molecular weight excluding hydrogens is 268 g/mol. The molecule has 5 heteroatoms. The number of rotatable bonds is 4. The van der Waals surface area contributed by atoms with Crippen LogP contribution >= 0.6 is 11.3 Å². The van der Waals surface area contributed by atoms with E-state index in [1.54, 1.807) is 11.3 Å². The minimum absolute atomic E-state index is 0.737. The molecule has 2 heterocycles. The van der Waals surface area contributed by atoms with Gasteiger partial charge in [-0.2, -0.15) is 0 Å². The van der Waals surface area contributed by atoms with E-state index in [1.165, 1.54) is 50.4 Å². The van der Waals surface area contributed by atoms with Crippen LogP contribution in [0.1, 0.15) is 25.7 Å². The molecule has 0 spiro atoms. The fourth-order valence-corrected chi connectivity index (χ4v) is 4.33. The van der Waals surface area contributed by atoms with Crippen LogP contribution < -0.4 is 10.2 Å². The van der Waals surface area contributed by atoms with E-state index >= 15 is 0 Å². The summed E-state index contributed by atoms with van der Waals surface area (Å²) in [6, 6.07) is 0.737. The fraction of sp³-hybridized carbons (Fsp3) is 0.800. The summed E-state index contributed by atoms with van der Waals surface area (Å²) in [7, 11) is 2.13. The molecule has 1 aliphatic heterocycles. The Morgan fingerprint density at radius 3 is 2.75 bits per heavy atom. The first-order valence-electron chi connectivity index (χ1n) is 7.91. The zero-order valence-corrected chi connectivity index (χ0v) is 13.2. The lowest BCUT2D eigenvalue weighted by Crippen LogP contribution is -2.50. The number of anilines is 1. The number of hydrogen-bond acceptors (Lipinski definition) is 5. The van der Waals surface area contributed by atoms with Gasteiger partial charge in [0.1, 0.15) is 0 Å². The van der Waals surface area contributed by atoms with Crippen LogP contribution in [0.3, 0.4) is 0 Å². The standard InChI is InChI=1S/C15H26N4S/c1-16-14-5-3-2-4-13(14)12-18-7-9-19(10-8-18)15-17-6-11-20-15/h6,11,13-14,16H,2-5,7-10,12H2,1H3. The van der Waals surface area contributed by atoms with E-state index in [0.29, 0.717) is 0 Å². The molecule has 1 saturated carbocycles. The first kappa shape index (κ1) is 14.3. The van der Waals surface area contributed by atoms with E-state index in [-0.39, 0.29) is 0 Å². The van der Waals surface area contributed by atoms with Gasteiger partial charge in [0.2, 0.25) is 0 Å². The molecule has 1 saturated heterocycles. The summed E-state index contributed by atoms with van der Waals surface area (Å²) in [4.78, 5) is 9.51. The fourth-order valence-electron chi connectivity index (χ4n) is 3.63. The molecule has 3 rings (SSSR count). The molecule has 2 aliphatic rings. The second-order valence-electron chi connectivity index (χ2n) is 6.04. The van der Waals surface area contributed by atoms with Gasteiger partial charge < -0.3 is 10.2 Å². The van der Waals surface area contributed by atoms with Gasteiger partial charge in [0, 0.05) is 50.3 Å². The summed E-state index contributed by atoms with van der Waals surface area (Å²) in [5.74, 6) is 0.847. The minimum Gasteiger partial charge on any atom is -0.346 e. The molecule has 112 valence electrons. The molecule has 20 heavy (non-hydrogen) atoms. The van der Waals surface area contributed by atoms with E-state index in [9.17, 15) is 0 Å². The van der Waals surface area contributed by atoms with Crippen LogP contribution in [0, 0.1) is 5.92 Å². The monoisotopic (exact) mass is 294 g/mol. The summed E-state index contributed by atoms with van der Waals surface area (Å²) >= 11 is 1.76. The molecular formula is C15H26N4S. The van der Waals surface area contributed by atoms with Crippen molar-refractivity contribution in [2.45, 2.75) is 31.7 Å². The highest BCUT2D eigenvalue weighted by molar-refractivity contribution is 7.13. The molecule has 4 nitrogen and oxygen atoms in total. The predicted molar refractivity (Wildman–Crippen MR) is 85.6 cm³/mol. The van der Waals surface area contributed by atoms with Crippen LogP contribution in [-0.2, 0) is 0 Å². The molecule has 1 aliphatic carbocycles. The highest BCUT2D eigenvalue weighted by Gasteiger charge is 2.27. The van der Waals surface area contributed by atoms with Gasteiger partial charge in [0.05, 0.1) is 0 Å². The van der Waals surface area contributed by atoms with Crippen LogP contribution in [0.4, 0.5) is 5.13 Å². The van der Waals surface area contributed by atoms with E-state index in [4.69, 9.17) is 0 Å². The second kappa shape index (κ2) is 6.87. The molecule has 2 fully saturated rings. The van der Waals surface area contributed by atoms with Gasteiger partial charge in [-0.05, 0) is 25.8 Å². The van der Waals surface area contributed by atoms with Crippen LogP contribution in [0.15, 0.2) is 11.6 Å². The molecule has 2 unspecified atom stereocenters. The number of thiazole rings is 1. The van der Waals surface area contributed by atoms with Crippen molar-refractivity contribution in [2.24, 2.45) is 5.92 Å². The van der Waals surface area contributed by atoms with Crippen molar-refractivity contribution in [3.05, 3.63) is 11.6 Å². The molecule has 0 amide bonds. The summed E-state index contributed by atoms with van der Waals surface area (Å²) in [5, 5.41) is 6.79. The van der Waals surface area contributed by atoms with Crippen molar-refractivity contribution in [1.29, 1.82) is 0 Å². The van der Waals surface area contributed by atoms with Gasteiger partial charge >= 0.3 is 0 Å². The largest absolute Gasteiger partial charge is 0.346 e. The zero-order valence-electron chi connectivity index (χ0n) is 12.4. The quantitative estimate of drug-likeness (QED) is 0.921. The first-order chi connectivity index (χ1) is 9.86. The SMILES string of the molecule is CNC1CCCCC1CN1CCN(c2nccs2)CC1. The van der Waals surface area contributed by atoms with Gasteiger partial charge in [-0.15, -0.1) is 11.3 Å². The Morgan fingerprint density at radius 2 is 2.05 bits per heavy atom. The smallest absolute Gasteiger partial charge is 0.185 e. The Balaban J connectivity index is 1.48. The van der Waals surface area contributed by atoms with Gasteiger partial charge in [0.15, 0.2) is 5.13 Å². The third-order valence-corrected chi connectivity index (χ3v) is 5.67. The highest BCUT2D eigenvalue weighted by atomic mass is 32.1. The van der Waals surface area contributed by atoms with Crippen LogP contribution in [0.5, 0.6) is 0 Å². The second-order valence-corrected chi connectivity index (χ2v) is 6.92. The number of nitrogens with zero attached hydrogens (tertiary/aromatic N) is 3. The maximum absolute atomic E-state index is 4.42. The third-order valence-electron chi connectivity index (χ3n) is 4.83. The van der Waals surface area contributed by atoms with Crippen molar-refractivity contribution >= 4 is 16.5 Å². The van der Waals surface area contributed by atoms with E-state index in [2.05, 4.69) is 32.5 Å². The Morgan fingerprint density at radius 1 is 1.25 bits per heavy atom. The number of piperazine rings is 1. The maximum atomic E-state index is 4.42. The lowest BCUT2D eigenvalue weighted by molar-refractivity contribution is 0.165. The number of aromatic nitrogens is 1. The average Bonchev–Trinajstić information content (AvgIpc) is 3.03. The minimum atomic E-state index is 0.737. The lowest BCUT2D eigenvalue weighted by atomic mass is 9.84. The average molecular weight is 294 g/mol. The van der Waals surface area contributed by atoms with Crippen molar-refractivity contribution in [2.75, 3.05) is 44.7 Å². The van der Waals surface area contributed by atoms with Gasteiger partial charge in [-0.25, -0.2) is 4.98 Å². The van der Waals surface area contributed by atoms with Crippen molar-refractivity contribution in [1.82, 2.24) is 15.2 Å². The Bertz CT molecular complexity index is 387. The van der Waals surface area contributed by atoms with Crippen molar-refractivity contribution < 1.29 is 0 Å². The third kappa shape index (κ3) is 3.32. The van der Waals surface area contributed by atoms with Gasteiger partial charge in [0.25, 0.3) is 0 Å². The van der Waals surface area contributed by atoms with Crippen LogP contribution in [0.25, 0.3) is 0 Å². The Kier molecular flexibility index (Phi) is 4.91. The lowest BCUT2D eigenvalue weighted by Gasteiger charge is -2.39. The van der Waals surface area contributed by atoms with Crippen LogP contribution in [0.2, 0.25) is 0 Å². The maximum Gasteiger partial charge on any atom is 0.185 e. The normalized spacial score (nSPS) is 28.8. The number of hydrogen-bond donors (Lipinski definition) is 1. The first-order valence-corrected chi connectivity index (χ1v) is 8.79. The van der Waals surface area contributed by atoms with Crippen LogP contribution in [-0.4, -0.2) is 55.7 Å². The molecule has 1 N–H and O–H groups in total. The van der Waals surface area contributed by atoms with Crippen molar-refractivity contribution in [3.8, 4) is 0 Å². The molecule has 0 aromatic carbocycles. The molecule has 1 aromatic rings. The summed E-state index contributed by atoms with van der Waals surface area (Å²) < 4.78 is 0. The summed E-state index contributed by atoms with van der Waals surface area (Å²) in [6.07, 6.45) is 7.49. The van der Waals surface area contributed by atoms with E-state index < -0.39 is 0 Å². The summed E-state index contributed by atoms with van der Waals surface area (Å²) in [6.45, 7) is 5.91. The van der Waals surface area contributed by atoms with Gasteiger partial charge in [-0.3, -0.25) is 4.90 Å². The Labute approximate surface area is 126 Å². The molecule has 1 aromatic heterocycles. The molecule has 0 radical (unpaired) electrons. The van der Waals surface area contributed by atoms with E-state index in [1.807, 2.05) is 6.20 Å². The molecule has 0 bridgehead atoms. The van der Waals surface area contributed by atoms with Gasteiger partial charge in [-0.1, -0.05) is 12.8 Å². The predicted octanol–water partition coefficient (Wildman–Crippen LogP) is 2.04. The topological polar surface area (TPSA) is 31.4 Å². The van der Waals surface area contributed by atoms with Crippen molar-refractivity contribution in [3.63, 3.8) is 0 Å².